The highest BCUT2D eigenvalue weighted by atomic mass is 16.5. The van der Waals surface area contributed by atoms with Crippen LogP contribution in [0.25, 0.3) is 0 Å². The van der Waals surface area contributed by atoms with Gasteiger partial charge >= 0.3 is 6.03 Å². The van der Waals surface area contributed by atoms with Crippen LogP contribution in [0.5, 0.6) is 0 Å². The maximum Gasteiger partial charge on any atom is 0.315 e. The van der Waals surface area contributed by atoms with Crippen LogP contribution in [-0.4, -0.2) is 55.2 Å². The van der Waals surface area contributed by atoms with Gasteiger partial charge in [0.15, 0.2) is 0 Å². The summed E-state index contributed by atoms with van der Waals surface area (Å²) in [6.07, 6.45) is 8.01. The van der Waals surface area contributed by atoms with Crippen LogP contribution in [0.1, 0.15) is 51.4 Å². The van der Waals surface area contributed by atoms with E-state index in [2.05, 4.69) is 10.6 Å². The van der Waals surface area contributed by atoms with E-state index in [9.17, 15) is 9.59 Å². The summed E-state index contributed by atoms with van der Waals surface area (Å²) in [6.45, 7) is 1.83. The molecule has 0 radical (unpaired) electrons. The molecule has 4 atom stereocenters. The monoisotopic (exact) mass is 323 g/mol. The lowest BCUT2D eigenvalue weighted by Gasteiger charge is -2.20. The molecule has 23 heavy (non-hydrogen) atoms. The minimum absolute atomic E-state index is 0.0916. The number of carbonyl (C=O) groups excluding carboxylic acids is 2. The van der Waals surface area contributed by atoms with Crippen LogP contribution >= 0.6 is 0 Å². The number of rotatable bonds is 4. The van der Waals surface area contributed by atoms with Gasteiger partial charge in [-0.2, -0.15) is 0 Å². The molecule has 0 aromatic heterocycles. The third kappa shape index (κ3) is 4.16. The van der Waals surface area contributed by atoms with Gasteiger partial charge in [-0.25, -0.2) is 4.79 Å². The van der Waals surface area contributed by atoms with Crippen molar-refractivity contribution >= 4 is 11.9 Å². The number of nitrogens with one attached hydrogen (secondary N) is 2. The fourth-order valence-electron chi connectivity index (χ4n) is 4.23. The van der Waals surface area contributed by atoms with Crippen molar-refractivity contribution in [1.82, 2.24) is 15.5 Å². The molecular formula is C17H29N3O3. The smallest absolute Gasteiger partial charge is 0.315 e. The van der Waals surface area contributed by atoms with Gasteiger partial charge in [0.25, 0.3) is 0 Å². The number of likely N-dealkylation sites (tertiary alicyclic amines) is 1. The Bertz CT molecular complexity index is 437. The second kappa shape index (κ2) is 7.51. The molecule has 2 aliphatic carbocycles. The maximum atomic E-state index is 12.4. The number of nitrogens with zero attached hydrogens (tertiary/aromatic N) is 1. The molecule has 3 fully saturated rings. The average Bonchev–Trinajstić information content (AvgIpc) is 3.28. The highest BCUT2D eigenvalue weighted by Gasteiger charge is 2.34. The highest BCUT2D eigenvalue weighted by Crippen LogP contribution is 2.28. The van der Waals surface area contributed by atoms with E-state index in [1.165, 1.54) is 0 Å². The van der Waals surface area contributed by atoms with E-state index >= 15 is 0 Å². The molecule has 3 amide bonds. The number of carbonyl (C=O) groups is 2. The number of hydrogen-bond donors (Lipinski definition) is 2. The Morgan fingerprint density at radius 3 is 2.26 bits per heavy atom. The molecule has 0 unspecified atom stereocenters. The Labute approximate surface area is 138 Å². The molecule has 0 spiro atoms. The van der Waals surface area contributed by atoms with Crippen LogP contribution in [0, 0.1) is 5.92 Å². The van der Waals surface area contributed by atoms with Crippen LogP contribution in [0.2, 0.25) is 0 Å². The Morgan fingerprint density at radius 1 is 0.957 bits per heavy atom. The summed E-state index contributed by atoms with van der Waals surface area (Å²) in [5, 5.41) is 6.10. The van der Waals surface area contributed by atoms with Crippen molar-refractivity contribution < 1.29 is 14.3 Å². The van der Waals surface area contributed by atoms with Crippen molar-refractivity contribution in [2.75, 3.05) is 20.2 Å². The van der Waals surface area contributed by atoms with E-state index in [0.717, 1.165) is 64.5 Å². The fraction of sp³-hybridized carbons (Fsp3) is 0.882. The Morgan fingerprint density at radius 2 is 1.61 bits per heavy atom. The SMILES string of the molecule is CO[C@@H]1CC[C@H](NC(=O)N[C@H]2CC[C@@H](C(=O)N3CCCC3)C2)C1. The third-order valence-electron chi connectivity index (χ3n) is 5.59. The zero-order valence-corrected chi connectivity index (χ0v) is 14.1. The van der Waals surface area contributed by atoms with Gasteiger partial charge in [-0.3, -0.25) is 4.79 Å². The lowest BCUT2D eigenvalue weighted by atomic mass is 10.1. The molecule has 1 saturated heterocycles. The molecular weight excluding hydrogens is 294 g/mol. The topological polar surface area (TPSA) is 70.7 Å². The lowest BCUT2D eigenvalue weighted by molar-refractivity contribution is -0.134. The van der Waals surface area contributed by atoms with Crippen molar-refractivity contribution in [2.24, 2.45) is 5.92 Å². The summed E-state index contributed by atoms with van der Waals surface area (Å²) in [4.78, 5) is 26.5. The van der Waals surface area contributed by atoms with E-state index in [0.29, 0.717) is 5.91 Å². The first-order valence-corrected chi connectivity index (χ1v) is 9.04. The van der Waals surface area contributed by atoms with Crippen molar-refractivity contribution in [3.8, 4) is 0 Å². The number of ether oxygens (including phenoxy) is 1. The molecule has 130 valence electrons. The predicted octanol–water partition coefficient (Wildman–Crippen LogP) is 1.64. The second-order valence-electron chi connectivity index (χ2n) is 7.22. The maximum absolute atomic E-state index is 12.4. The average molecular weight is 323 g/mol. The van der Waals surface area contributed by atoms with Gasteiger partial charge in [0.2, 0.25) is 5.91 Å². The van der Waals surface area contributed by atoms with Crippen molar-refractivity contribution in [3.63, 3.8) is 0 Å². The van der Waals surface area contributed by atoms with Gasteiger partial charge in [-0.15, -0.1) is 0 Å². The van der Waals surface area contributed by atoms with E-state index in [4.69, 9.17) is 4.74 Å². The summed E-state index contributed by atoms with van der Waals surface area (Å²) in [5.41, 5.74) is 0. The molecule has 3 rings (SSSR count). The molecule has 0 bridgehead atoms. The van der Waals surface area contributed by atoms with E-state index in [1.54, 1.807) is 7.11 Å². The summed E-state index contributed by atoms with van der Waals surface area (Å²) >= 11 is 0. The molecule has 6 nitrogen and oxygen atoms in total. The lowest BCUT2D eigenvalue weighted by Crippen LogP contribution is -2.45. The van der Waals surface area contributed by atoms with Crippen LogP contribution in [0.15, 0.2) is 0 Å². The van der Waals surface area contributed by atoms with Gasteiger partial charge in [0.1, 0.15) is 0 Å². The third-order valence-corrected chi connectivity index (χ3v) is 5.59. The molecule has 2 N–H and O–H groups in total. The van der Waals surface area contributed by atoms with Crippen LogP contribution in [0.4, 0.5) is 4.79 Å². The molecule has 3 aliphatic rings. The van der Waals surface area contributed by atoms with Gasteiger partial charge in [-0.1, -0.05) is 0 Å². The predicted molar refractivity (Wildman–Crippen MR) is 87.0 cm³/mol. The zero-order chi connectivity index (χ0) is 16.2. The van der Waals surface area contributed by atoms with Crippen LogP contribution in [-0.2, 0) is 9.53 Å². The summed E-state index contributed by atoms with van der Waals surface area (Å²) in [5.74, 6) is 0.397. The Balaban J connectivity index is 1.39. The summed E-state index contributed by atoms with van der Waals surface area (Å²) in [6, 6.07) is 0.251. The Kier molecular flexibility index (Phi) is 5.41. The first-order chi connectivity index (χ1) is 11.2. The molecule has 1 aliphatic heterocycles. The van der Waals surface area contributed by atoms with Crippen molar-refractivity contribution in [3.05, 3.63) is 0 Å². The van der Waals surface area contributed by atoms with E-state index < -0.39 is 0 Å². The zero-order valence-electron chi connectivity index (χ0n) is 14.1. The van der Waals surface area contributed by atoms with Crippen molar-refractivity contribution in [2.45, 2.75) is 69.6 Å². The van der Waals surface area contributed by atoms with Gasteiger partial charge in [0, 0.05) is 38.2 Å². The molecule has 2 saturated carbocycles. The van der Waals surface area contributed by atoms with Gasteiger partial charge < -0.3 is 20.3 Å². The van der Waals surface area contributed by atoms with Gasteiger partial charge in [0.05, 0.1) is 6.10 Å². The first-order valence-electron chi connectivity index (χ1n) is 9.04. The quantitative estimate of drug-likeness (QED) is 0.826. The van der Waals surface area contributed by atoms with Gasteiger partial charge in [-0.05, 0) is 51.4 Å². The van der Waals surface area contributed by atoms with Crippen LogP contribution in [0.3, 0.4) is 0 Å². The summed E-state index contributed by atoms with van der Waals surface area (Å²) in [7, 11) is 1.73. The molecule has 1 heterocycles. The fourth-order valence-corrected chi connectivity index (χ4v) is 4.23. The summed E-state index contributed by atoms with van der Waals surface area (Å²) < 4.78 is 5.33. The first kappa shape index (κ1) is 16.6. The molecule has 6 heteroatoms. The van der Waals surface area contributed by atoms with Crippen molar-refractivity contribution in [1.29, 1.82) is 0 Å². The number of amides is 3. The number of hydrogen-bond acceptors (Lipinski definition) is 3. The number of methoxy groups -OCH3 is 1. The molecule has 0 aromatic carbocycles. The highest BCUT2D eigenvalue weighted by molar-refractivity contribution is 5.80. The number of urea groups is 1. The normalized spacial score (nSPS) is 33.9. The Hall–Kier alpha value is -1.30. The largest absolute Gasteiger partial charge is 0.381 e. The minimum Gasteiger partial charge on any atom is -0.381 e. The second-order valence-corrected chi connectivity index (χ2v) is 7.22. The minimum atomic E-state index is -0.0916. The standard InChI is InChI=1S/C17H29N3O3/c1-23-15-7-6-14(11-15)19-17(22)18-13-5-4-12(10-13)16(21)20-8-2-3-9-20/h12-15H,2-11H2,1H3,(H2,18,19,22)/t12-,13+,14+,15-/m1/s1. The van der Waals surface area contributed by atoms with Crippen LogP contribution < -0.4 is 10.6 Å². The van der Waals surface area contributed by atoms with E-state index in [-0.39, 0.29) is 30.1 Å². The molecule has 0 aromatic rings. The van der Waals surface area contributed by atoms with E-state index in [1.807, 2.05) is 4.90 Å².